The second-order valence-corrected chi connectivity index (χ2v) is 3.95. The van der Waals surface area contributed by atoms with Crippen molar-refractivity contribution in [3.8, 4) is 0 Å². The van der Waals surface area contributed by atoms with E-state index in [1.807, 2.05) is 19.2 Å². The lowest BCUT2D eigenvalue weighted by atomic mass is 9.91. The Morgan fingerprint density at radius 1 is 1.53 bits per heavy atom. The summed E-state index contributed by atoms with van der Waals surface area (Å²) in [6.07, 6.45) is 4.63. The lowest BCUT2D eigenvalue weighted by Gasteiger charge is -2.17. The molecule has 1 aliphatic carbocycles. The monoisotopic (exact) mass is 233 g/mol. The Labute approximate surface area is 99.2 Å². The minimum Gasteiger partial charge on any atom is -0.367 e. The number of rotatable bonds is 1. The lowest BCUT2D eigenvalue weighted by molar-refractivity contribution is 0.232. The number of hydrogen-bond donors (Lipinski definition) is 3. The van der Waals surface area contributed by atoms with Gasteiger partial charge in [-0.15, -0.1) is 5.10 Å². The van der Waals surface area contributed by atoms with Gasteiger partial charge in [-0.1, -0.05) is 0 Å². The predicted molar refractivity (Wildman–Crippen MR) is 65.0 cm³/mol. The summed E-state index contributed by atoms with van der Waals surface area (Å²) in [7, 11) is 0. The van der Waals surface area contributed by atoms with Gasteiger partial charge in [-0.3, -0.25) is 10.2 Å². The fourth-order valence-corrected chi connectivity index (χ4v) is 1.98. The number of aromatic nitrogens is 1. The highest BCUT2D eigenvalue weighted by atomic mass is 16.5. The van der Waals surface area contributed by atoms with Gasteiger partial charge in [0, 0.05) is 17.5 Å². The van der Waals surface area contributed by atoms with Crippen LogP contribution in [0.25, 0.3) is 0 Å². The average molecular weight is 233 g/mol. The van der Waals surface area contributed by atoms with Gasteiger partial charge in [-0.25, -0.2) is 5.48 Å². The van der Waals surface area contributed by atoms with Crippen LogP contribution >= 0.6 is 0 Å². The third-order valence-electron chi connectivity index (χ3n) is 2.75. The van der Waals surface area contributed by atoms with Crippen LogP contribution in [-0.4, -0.2) is 21.9 Å². The van der Waals surface area contributed by atoms with Gasteiger partial charge in [0.25, 0.3) is 0 Å². The van der Waals surface area contributed by atoms with Crippen molar-refractivity contribution in [2.45, 2.75) is 26.2 Å². The van der Waals surface area contributed by atoms with Crippen molar-refractivity contribution in [3.05, 3.63) is 29.1 Å². The molecule has 1 heterocycles. The zero-order chi connectivity index (χ0) is 12.3. The molecule has 4 N–H and O–H groups in total. The molecule has 1 aromatic rings. The van der Waals surface area contributed by atoms with E-state index in [4.69, 9.17) is 10.9 Å². The predicted octanol–water partition coefficient (Wildman–Crippen LogP) is 0.724. The molecule has 0 spiro atoms. The Hall–Kier alpha value is -1.95. The average Bonchev–Trinajstić information content (AvgIpc) is 2.36. The summed E-state index contributed by atoms with van der Waals surface area (Å²) >= 11 is 0. The van der Waals surface area contributed by atoms with E-state index in [1.165, 1.54) is 0 Å². The van der Waals surface area contributed by atoms with Crippen LogP contribution in [0.4, 0.5) is 0 Å². The minimum atomic E-state index is -0.119. The minimum absolute atomic E-state index is 0.119. The molecule has 2 rings (SSSR count). The SMILES string of the molecule is Cc1ccnc2c1C(=N/N=C(/N)NO)CCC2. The fourth-order valence-electron chi connectivity index (χ4n) is 1.98. The number of hydroxylamine groups is 1. The first-order chi connectivity index (χ1) is 8.22. The zero-order valence-electron chi connectivity index (χ0n) is 9.64. The van der Waals surface area contributed by atoms with Crippen molar-refractivity contribution in [2.24, 2.45) is 15.9 Å². The number of aryl methyl sites for hydroxylation is 2. The molecular formula is C11H15N5O. The Morgan fingerprint density at radius 3 is 3.12 bits per heavy atom. The van der Waals surface area contributed by atoms with Crippen LogP contribution in [0, 0.1) is 6.92 Å². The standard InChI is InChI=1S/C11H15N5O/c1-7-5-6-13-8-3-2-4-9(10(7)8)14-15-11(12)16-17/h5-6,17H,2-4H2,1H3,(H3,12,15,16). The van der Waals surface area contributed by atoms with Gasteiger partial charge >= 0.3 is 0 Å². The van der Waals surface area contributed by atoms with Crippen LogP contribution in [0.5, 0.6) is 0 Å². The van der Waals surface area contributed by atoms with Gasteiger partial charge in [0.1, 0.15) is 0 Å². The number of nitrogens with two attached hydrogens (primary N) is 1. The summed E-state index contributed by atoms with van der Waals surface area (Å²) in [5, 5.41) is 16.3. The number of pyridine rings is 1. The second-order valence-electron chi connectivity index (χ2n) is 3.95. The third-order valence-corrected chi connectivity index (χ3v) is 2.75. The Bertz CT molecular complexity index is 481. The first-order valence-electron chi connectivity index (χ1n) is 5.47. The molecule has 0 radical (unpaired) electrons. The maximum absolute atomic E-state index is 8.53. The normalized spacial score (nSPS) is 18.0. The molecule has 0 amide bonds. The second kappa shape index (κ2) is 4.92. The summed E-state index contributed by atoms with van der Waals surface area (Å²) in [5.41, 5.74) is 11.2. The Morgan fingerprint density at radius 2 is 2.35 bits per heavy atom. The summed E-state index contributed by atoms with van der Waals surface area (Å²) < 4.78 is 0. The molecule has 0 aliphatic heterocycles. The van der Waals surface area contributed by atoms with Crippen LogP contribution in [0.1, 0.15) is 29.7 Å². The van der Waals surface area contributed by atoms with E-state index in [2.05, 4.69) is 15.2 Å². The quantitative estimate of drug-likeness (QED) is 0.378. The van der Waals surface area contributed by atoms with Crippen molar-refractivity contribution in [3.63, 3.8) is 0 Å². The molecule has 0 atom stereocenters. The molecule has 6 heteroatoms. The van der Waals surface area contributed by atoms with Gasteiger partial charge in [-0.05, 0) is 37.8 Å². The van der Waals surface area contributed by atoms with E-state index >= 15 is 0 Å². The molecule has 17 heavy (non-hydrogen) atoms. The van der Waals surface area contributed by atoms with E-state index in [0.29, 0.717) is 0 Å². The van der Waals surface area contributed by atoms with Crippen LogP contribution in [0.15, 0.2) is 22.5 Å². The Kier molecular flexibility index (Phi) is 3.34. The lowest BCUT2D eigenvalue weighted by Crippen LogP contribution is -2.28. The maximum Gasteiger partial charge on any atom is 0.237 e. The largest absolute Gasteiger partial charge is 0.367 e. The zero-order valence-corrected chi connectivity index (χ0v) is 9.64. The number of nitrogens with zero attached hydrogens (tertiary/aromatic N) is 3. The van der Waals surface area contributed by atoms with Crippen molar-refractivity contribution in [1.29, 1.82) is 0 Å². The van der Waals surface area contributed by atoms with Gasteiger partial charge in [0.2, 0.25) is 5.96 Å². The molecular weight excluding hydrogens is 218 g/mol. The van der Waals surface area contributed by atoms with E-state index in [1.54, 1.807) is 5.48 Å². The topological polar surface area (TPSA) is 95.9 Å². The molecule has 0 bridgehead atoms. The molecule has 1 aliphatic rings. The van der Waals surface area contributed by atoms with Crippen LogP contribution < -0.4 is 11.2 Å². The van der Waals surface area contributed by atoms with Crippen molar-refractivity contribution >= 4 is 11.7 Å². The molecule has 0 saturated heterocycles. The molecule has 0 saturated carbocycles. The van der Waals surface area contributed by atoms with E-state index in [-0.39, 0.29) is 5.96 Å². The van der Waals surface area contributed by atoms with Crippen molar-refractivity contribution in [1.82, 2.24) is 10.5 Å². The van der Waals surface area contributed by atoms with Gasteiger partial charge in [0.05, 0.1) is 5.71 Å². The number of guanidine groups is 1. The summed E-state index contributed by atoms with van der Waals surface area (Å²) in [4.78, 5) is 4.35. The first kappa shape index (κ1) is 11.5. The smallest absolute Gasteiger partial charge is 0.237 e. The van der Waals surface area contributed by atoms with Crippen LogP contribution in [0.3, 0.4) is 0 Å². The number of nitrogens with one attached hydrogen (secondary N) is 1. The summed E-state index contributed by atoms with van der Waals surface area (Å²) in [6, 6.07) is 1.96. The van der Waals surface area contributed by atoms with Crippen molar-refractivity contribution < 1.29 is 5.21 Å². The van der Waals surface area contributed by atoms with Gasteiger partial charge < -0.3 is 5.73 Å². The maximum atomic E-state index is 8.53. The highest BCUT2D eigenvalue weighted by molar-refractivity contribution is 6.03. The molecule has 0 fully saturated rings. The summed E-state index contributed by atoms with van der Waals surface area (Å²) in [6.45, 7) is 2.03. The molecule has 0 aromatic carbocycles. The highest BCUT2D eigenvalue weighted by Crippen LogP contribution is 2.22. The molecule has 1 aromatic heterocycles. The van der Waals surface area contributed by atoms with E-state index in [9.17, 15) is 0 Å². The number of fused-ring (bicyclic) bond motifs is 1. The van der Waals surface area contributed by atoms with Gasteiger partial charge in [-0.2, -0.15) is 5.10 Å². The first-order valence-corrected chi connectivity index (χ1v) is 5.47. The van der Waals surface area contributed by atoms with Gasteiger partial charge in [0.15, 0.2) is 0 Å². The molecule has 90 valence electrons. The molecule has 0 unspecified atom stereocenters. The van der Waals surface area contributed by atoms with Crippen LogP contribution in [-0.2, 0) is 6.42 Å². The highest BCUT2D eigenvalue weighted by Gasteiger charge is 2.18. The third kappa shape index (κ3) is 2.42. The summed E-state index contributed by atoms with van der Waals surface area (Å²) in [5.74, 6) is -0.119. The number of hydrogen-bond acceptors (Lipinski definition) is 4. The molecule has 6 nitrogen and oxygen atoms in total. The van der Waals surface area contributed by atoms with E-state index < -0.39 is 0 Å². The van der Waals surface area contributed by atoms with Crippen LogP contribution in [0.2, 0.25) is 0 Å². The fraction of sp³-hybridized carbons (Fsp3) is 0.364. The van der Waals surface area contributed by atoms with Crippen molar-refractivity contribution in [2.75, 3.05) is 0 Å². The Balaban J connectivity index is 2.41. The van der Waals surface area contributed by atoms with E-state index in [0.717, 1.165) is 41.8 Å².